The molecular weight excluding hydrogens is 212 g/mol. The van der Waals surface area contributed by atoms with Crippen LogP contribution < -0.4 is 10.6 Å². The molecule has 1 aromatic rings. The second kappa shape index (κ2) is 5.71. The highest BCUT2D eigenvalue weighted by molar-refractivity contribution is 5.91. The second-order valence-corrected chi connectivity index (χ2v) is 5.25. The molecule has 0 aliphatic heterocycles. The van der Waals surface area contributed by atoms with Crippen LogP contribution in [0.2, 0.25) is 0 Å². The van der Waals surface area contributed by atoms with Crippen LogP contribution in [0, 0.1) is 0 Å². The maximum atomic E-state index is 11.5. The average Bonchev–Trinajstić information content (AvgIpc) is 2.15. The van der Waals surface area contributed by atoms with Crippen LogP contribution in [-0.4, -0.2) is 11.4 Å². The van der Waals surface area contributed by atoms with Gasteiger partial charge in [-0.3, -0.25) is 4.79 Å². The molecule has 0 radical (unpaired) electrons. The predicted molar refractivity (Wildman–Crippen MR) is 73.4 cm³/mol. The van der Waals surface area contributed by atoms with Crippen molar-refractivity contribution >= 4 is 17.3 Å². The lowest BCUT2D eigenvalue weighted by atomic mass is 10.1. The Hall–Kier alpha value is -1.51. The second-order valence-electron chi connectivity index (χ2n) is 5.25. The van der Waals surface area contributed by atoms with Crippen LogP contribution in [0.4, 0.5) is 11.4 Å². The summed E-state index contributed by atoms with van der Waals surface area (Å²) in [7, 11) is 0. The molecule has 0 aliphatic carbocycles. The Labute approximate surface area is 104 Å². The van der Waals surface area contributed by atoms with Crippen molar-refractivity contribution in [3.05, 3.63) is 24.3 Å². The summed E-state index contributed by atoms with van der Waals surface area (Å²) in [5, 5.41) is 6.27. The van der Waals surface area contributed by atoms with Gasteiger partial charge >= 0.3 is 0 Å². The number of anilines is 2. The zero-order valence-electron chi connectivity index (χ0n) is 11.1. The number of carbonyl (C=O) groups excluding carboxylic acids is 1. The number of hydrogen-bond donors (Lipinski definition) is 2. The molecule has 0 heterocycles. The molecule has 1 rings (SSSR count). The van der Waals surface area contributed by atoms with E-state index in [1.54, 1.807) is 0 Å². The molecule has 0 saturated heterocycles. The van der Waals surface area contributed by atoms with E-state index in [0.29, 0.717) is 6.42 Å². The van der Waals surface area contributed by atoms with Crippen LogP contribution in [0.25, 0.3) is 0 Å². The van der Waals surface area contributed by atoms with Crippen LogP contribution in [0.15, 0.2) is 24.3 Å². The number of rotatable bonds is 4. The van der Waals surface area contributed by atoms with E-state index < -0.39 is 0 Å². The molecule has 17 heavy (non-hydrogen) atoms. The Balaban J connectivity index is 2.69. The lowest BCUT2D eigenvalue weighted by Crippen LogP contribution is -2.26. The van der Waals surface area contributed by atoms with Crippen LogP contribution in [0.5, 0.6) is 0 Å². The molecule has 94 valence electrons. The third-order valence-electron chi connectivity index (χ3n) is 2.14. The summed E-state index contributed by atoms with van der Waals surface area (Å²) in [6.07, 6.45) is 1.43. The molecule has 0 bridgehead atoms. The largest absolute Gasteiger partial charge is 0.380 e. The van der Waals surface area contributed by atoms with Crippen molar-refractivity contribution in [1.29, 1.82) is 0 Å². The highest BCUT2D eigenvalue weighted by atomic mass is 16.1. The van der Waals surface area contributed by atoms with Crippen LogP contribution in [0.1, 0.15) is 40.5 Å². The minimum Gasteiger partial charge on any atom is -0.380 e. The van der Waals surface area contributed by atoms with Gasteiger partial charge < -0.3 is 10.6 Å². The highest BCUT2D eigenvalue weighted by Gasteiger charge is 2.09. The molecule has 0 spiro atoms. The van der Waals surface area contributed by atoms with Gasteiger partial charge in [-0.05, 0) is 45.4 Å². The van der Waals surface area contributed by atoms with Crippen LogP contribution >= 0.6 is 0 Å². The van der Waals surface area contributed by atoms with Gasteiger partial charge in [0.2, 0.25) is 5.91 Å². The van der Waals surface area contributed by atoms with Gasteiger partial charge in [-0.1, -0.05) is 13.0 Å². The summed E-state index contributed by atoms with van der Waals surface area (Å²) in [4.78, 5) is 11.5. The summed E-state index contributed by atoms with van der Waals surface area (Å²) in [5.74, 6) is 0.0698. The number of carbonyl (C=O) groups is 1. The molecule has 3 heteroatoms. The quantitative estimate of drug-likeness (QED) is 0.835. The monoisotopic (exact) mass is 234 g/mol. The van der Waals surface area contributed by atoms with E-state index in [2.05, 4.69) is 31.4 Å². The van der Waals surface area contributed by atoms with Crippen molar-refractivity contribution in [2.75, 3.05) is 10.6 Å². The first-order valence-electron chi connectivity index (χ1n) is 6.09. The average molecular weight is 234 g/mol. The minimum absolute atomic E-state index is 0.0199. The molecule has 0 aliphatic rings. The van der Waals surface area contributed by atoms with Crippen LogP contribution in [-0.2, 0) is 4.79 Å². The van der Waals surface area contributed by atoms with Gasteiger partial charge in [-0.15, -0.1) is 0 Å². The summed E-state index contributed by atoms with van der Waals surface area (Å²) in [6, 6.07) is 7.80. The van der Waals surface area contributed by atoms with Crippen molar-refractivity contribution < 1.29 is 4.79 Å². The van der Waals surface area contributed by atoms with Crippen molar-refractivity contribution in [3.63, 3.8) is 0 Å². The Bertz CT molecular complexity index is 380. The third-order valence-corrected chi connectivity index (χ3v) is 2.14. The highest BCUT2D eigenvalue weighted by Crippen LogP contribution is 2.19. The molecule has 1 amide bonds. The SMILES string of the molecule is CCCC(=O)Nc1cccc(NC(C)(C)C)c1. The number of hydrogen-bond acceptors (Lipinski definition) is 2. The minimum atomic E-state index is 0.0199. The van der Waals surface area contributed by atoms with E-state index in [0.717, 1.165) is 17.8 Å². The van der Waals surface area contributed by atoms with Gasteiger partial charge in [0.25, 0.3) is 0 Å². The molecule has 3 nitrogen and oxygen atoms in total. The van der Waals surface area contributed by atoms with E-state index in [1.165, 1.54) is 0 Å². The topological polar surface area (TPSA) is 41.1 Å². The lowest BCUT2D eigenvalue weighted by molar-refractivity contribution is -0.116. The molecule has 0 aromatic heterocycles. The van der Waals surface area contributed by atoms with Gasteiger partial charge in [0, 0.05) is 23.3 Å². The molecule has 0 saturated carbocycles. The van der Waals surface area contributed by atoms with E-state index in [9.17, 15) is 4.79 Å². The number of amides is 1. The van der Waals surface area contributed by atoms with Crippen LogP contribution in [0.3, 0.4) is 0 Å². The standard InChI is InChI=1S/C14H22N2O/c1-5-7-13(17)15-11-8-6-9-12(10-11)16-14(2,3)4/h6,8-10,16H,5,7H2,1-4H3,(H,15,17). The summed E-state index contributed by atoms with van der Waals surface area (Å²) < 4.78 is 0. The van der Waals surface area contributed by atoms with Gasteiger partial charge in [0.1, 0.15) is 0 Å². The number of nitrogens with one attached hydrogen (secondary N) is 2. The van der Waals surface area contributed by atoms with Gasteiger partial charge in [0.15, 0.2) is 0 Å². The first-order valence-corrected chi connectivity index (χ1v) is 6.09. The molecule has 0 atom stereocenters. The summed E-state index contributed by atoms with van der Waals surface area (Å²) in [5.41, 5.74) is 1.89. The Morgan fingerprint density at radius 3 is 2.47 bits per heavy atom. The number of benzene rings is 1. The van der Waals surface area contributed by atoms with Crippen molar-refractivity contribution in [3.8, 4) is 0 Å². The fourth-order valence-corrected chi connectivity index (χ4v) is 1.56. The first-order chi connectivity index (χ1) is 7.90. The van der Waals surface area contributed by atoms with Crippen molar-refractivity contribution in [1.82, 2.24) is 0 Å². The third kappa shape index (κ3) is 5.38. The molecular formula is C14H22N2O. The van der Waals surface area contributed by atoms with Crippen molar-refractivity contribution in [2.24, 2.45) is 0 Å². The maximum absolute atomic E-state index is 11.5. The molecule has 0 unspecified atom stereocenters. The Morgan fingerprint density at radius 2 is 1.88 bits per heavy atom. The van der Waals surface area contributed by atoms with Gasteiger partial charge in [-0.2, -0.15) is 0 Å². The fraction of sp³-hybridized carbons (Fsp3) is 0.500. The van der Waals surface area contributed by atoms with E-state index in [1.807, 2.05) is 31.2 Å². The Kier molecular flexibility index (Phi) is 4.55. The fourth-order valence-electron chi connectivity index (χ4n) is 1.56. The maximum Gasteiger partial charge on any atom is 0.224 e. The summed E-state index contributed by atoms with van der Waals surface area (Å²) in [6.45, 7) is 8.32. The smallest absolute Gasteiger partial charge is 0.224 e. The molecule has 0 fully saturated rings. The van der Waals surface area contributed by atoms with Gasteiger partial charge in [0.05, 0.1) is 0 Å². The lowest BCUT2D eigenvalue weighted by Gasteiger charge is -2.22. The zero-order valence-corrected chi connectivity index (χ0v) is 11.1. The summed E-state index contributed by atoms with van der Waals surface area (Å²) >= 11 is 0. The predicted octanol–water partition coefficient (Wildman–Crippen LogP) is 3.64. The zero-order chi connectivity index (χ0) is 12.9. The molecule has 2 N–H and O–H groups in total. The van der Waals surface area contributed by atoms with E-state index >= 15 is 0 Å². The first kappa shape index (κ1) is 13.6. The van der Waals surface area contributed by atoms with Crippen molar-refractivity contribution in [2.45, 2.75) is 46.1 Å². The van der Waals surface area contributed by atoms with E-state index in [4.69, 9.17) is 0 Å². The Morgan fingerprint density at radius 1 is 1.24 bits per heavy atom. The van der Waals surface area contributed by atoms with E-state index in [-0.39, 0.29) is 11.4 Å². The molecule has 1 aromatic carbocycles. The van der Waals surface area contributed by atoms with Gasteiger partial charge in [-0.25, -0.2) is 0 Å². The normalized spacial score (nSPS) is 11.1.